The van der Waals surface area contributed by atoms with Gasteiger partial charge in [0.1, 0.15) is 5.60 Å². The summed E-state index contributed by atoms with van der Waals surface area (Å²) in [6.07, 6.45) is 4.97. The van der Waals surface area contributed by atoms with E-state index in [-0.39, 0.29) is 12.2 Å². The summed E-state index contributed by atoms with van der Waals surface area (Å²) in [6, 6.07) is 3.66. The minimum absolute atomic E-state index is 0.0974. The van der Waals surface area contributed by atoms with E-state index in [2.05, 4.69) is 20.9 Å². The lowest BCUT2D eigenvalue weighted by molar-refractivity contribution is -0.136. The van der Waals surface area contributed by atoms with Crippen molar-refractivity contribution in [1.82, 2.24) is 4.98 Å². The summed E-state index contributed by atoms with van der Waals surface area (Å²) in [4.78, 5) is 16.1. The van der Waals surface area contributed by atoms with E-state index >= 15 is 0 Å². The Hall–Kier alpha value is -0.740. The van der Waals surface area contributed by atoms with E-state index in [1.165, 1.54) is 0 Å². The summed E-state index contributed by atoms with van der Waals surface area (Å²) in [6.45, 7) is 0. The van der Waals surface area contributed by atoms with Gasteiger partial charge in [-0.05, 0) is 53.7 Å². The smallest absolute Gasteiger partial charge is 0.170 e. The fraction of sp³-hybridized carbons (Fsp3) is 0.500. The molecule has 0 spiro atoms. The molecule has 0 aliphatic heterocycles. The molecule has 0 amide bonds. The standard InChI is InChI=1S/C12H14BrNO2/c13-9-3-4-10(14-8-9)7-11(15)12(16)5-1-2-6-12/h3-4,8,16H,1-2,5-7H2. The van der Waals surface area contributed by atoms with Crippen molar-refractivity contribution in [1.29, 1.82) is 0 Å². The number of aliphatic hydroxyl groups is 1. The van der Waals surface area contributed by atoms with Crippen molar-refractivity contribution in [3.05, 3.63) is 28.5 Å². The van der Waals surface area contributed by atoms with E-state index in [1.54, 1.807) is 12.3 Å². The van der Waals surface area contributed by atoms with Gasteiger partial charge in [0, 0.05) is 16.4 Å². The molecule has 4 heteroatoms. The first kappa shape index (κ1) is 11.7. The first-order valence-electron chi connectivity index (χ1n) is 5.46. The van der Waals surface area contributed by atoms with E-state index in [1.807, 2.05) is 6.07 Å². The lowest BCUT2D eigenvalue weighted by Gasteiger charge is -2.19. The van der Waals surface area contributed by atoms with Crippen LogP contribution >= 0.6 is 15.9 Å². The number of aromatic nitrogens is 1. The van der Waals surface area contributed by atoms with E-state index in [4.69, 9.17) is 0 Å². The molecule has 0 aromatic carbocycles. The van der Waals surface area contributed by atoms with Crippen molar-refractivity contribution in [3.8, 4) is 0 Å². The Kier molecular flexibility index (Phi) is 3.40. The van der Waals surface area contributed by atoms with Crippen LogP contribution in [0, 0.1) is 0 Å². The zero-order chi connectivity index (χ0) is 11.6. The summed E-state index contributed by atoms with van der Waals surface area (Å²) in [7, 11) is 0. The van der Waals surface area contributed by atoms with Crippen LogP contribution in [0.4, 0.5) is 0 Å². The molecule has 1 aliphatic carbocycles. The molecule has 0 unspecified atom stereocenters. The van der Waals surface area contributed by atoms with Gasteiger partial charge in [0.2, 0.25) is 0 Å². The molecule has 0 atom stereocenters. The summed E-state index contributed by atoms with van der Waals surface area (Å²) >= 11 is 3.29. The molecule has 0 radical (unpaired) electrons. The highest BCUT2D eigenvalue weighted by atomic mass is 79.9. The molecule has 1 aromatic rings. The average Bonchev–Trinajstić information content (AvgIpc) is 2.70. The highest BCUT2D eigenvalue weighted by Crippen LogP contribution is 2.31. The number of halogens is 1. The zero-order valence-corrected chi connectivity index (χ0v) is 10.5. The van der Waals surface area contributed by atoms with Crippen LogP contribution in [0.15, 0.2) is 22.8 Å². The van der Waals surface area contributed by atoms with E-state index in [9.17, 15) is 9.90 Å². The predicted molar refractivity (Wildman–Crippen MR) is 64.1 cm³/mol. The van der Waals surface area contributed by atoms with Crippen LogP contribution in [0.5, 0.6) is 0 Å². The van der Waals surface area contributed by atoms with Gasteiger partial charge in [-0.15, -0.1) is 0 Å². The molecule has 3 nitrogen and oxygen atoms in total. The molecule has 1 saturated carbocycles. The van der Waals surface area contributed by atoms with Gasteiger partial charge in [-0.1, -0.05) is 0 Å². The van der Waals surface area contributed by atoms with E-state index in [0.29, 0.717) is 18.5 Å². The SMILES string of the molecule is O=C(Cc1ccc(Br)cn1)C1(O)CCCC1. The van der Waals surface area contributed by atoms with Crippen molar-refractivity contribution in [2.75, 3.05) is 0 Å². The molecule has 1 fully saturated rings. The highest BCUT2D eigenvalue weighted by molar-refractivity contribution is 9.10. The van der Waals surface area contributed by atoms with Crippen molar-refractivity contribution >= 4 is 21.7 Å². The molecule has 1 aliphatic rings. The third-order valence-electron chi connectivity index (χ3n) is 3.08. The molecule has 1 aromatic heterocycles. The first-order valence-corrected chi connectivity index (χ1v) is 6.26. The monoisotopic (exact) mass is 283 g/mol. The second-order valence-electron chi connectivity index (χ2n) is 4.31. The predicted octanol–water partition coefficient (Wildman–Crippen LogP) is 2.26. The quantitative estimate of drug-likeness (QED) is 0.926. The molecular weight excluding hydrogens is 270 g/mol. The molecule has 1 heterocycles. The van der Waals surface area contributed by atoms with Crippen molar-refractivity contribution < 1.29 is 9.90 Å². The summed E-state index contributed by atoms with van der Waals surface area (Å²) in [5.74, 6) is -0.0974. The molecule has 0 bridgehead atoms. The number of carbonyl (C=O) groups excluding carboxylic acids is 1. The topological polar surface area (TPSA) is 50.2 Å². The molecule has 0 saturated heterocycles. The van der Waals surface area contributed by atoms with Crippen LogP contribution in [-0.2, 0) is 11.2 Å². The number of rotatable bonds is 3. The Bertz CT molecular complexity index is 383. The van der Waals surface area contributed by atoms with E-state index < -0.39 is 5.60 Å². The molecule has 86 valence electrons. The van der Waals surface area contributed by atoms with Gasteiger partial charge in [-0.25, -0.2) is 0 Å². The number of pyridine rings is 1. The maximum absolute atomic E-state index is 11.9. The van der Waals surface area contributed by atoms with Gasteiger partial charge in [0.25, 0.3) is 0 Å². The van der Waals surface area contributed by atoms with Crippen LogP contribution in [-0.4, -0.2) is 21.5 Å². The lowest BCUT2D eigenvalue weighted by Crippen LogP contribution is -2.36. The maximum atomic E-state index is 11.9. The van der Waals surface area contributed by atoms with Crippen molar-refractivity contribution in [2.24, 2.45) is 0 Å². The second kappa shape index (κ2) is 4.63. The number of nitrogens with zero attached hydrogens (tertiary/aromatic N) is 1. The lowest BCUT2D eigenvalue weighted by atomic mass is 9.93. The Morgan fingerprint density at radius 2 is 2.12 bits per heavy atom. The van der Waals surface area contributed by atoms with Gasteiger partial charge >= 0.3 is 0 Å². The van der Waals surface area contributed by atoms with E-state index in [0.717, 1.165) is 17.3 Å². The molecule has 16 heavy (non-hydrogen) atoms. The summed E-state index contributed by atoms with van der Waals surface area (Å²) in [5, 5.41) is 10.1. The van der Waals surface area contributed by atoms with Crippen LogP contribution in [0.25, 0.3) is 0 Å². The Morgan fingerprint density at radius 1 is 1.44 bits per heavy atom. The highest BCUT2D eigenvalue weighted by Gasteiger charge is 2.38. The maximum Gasteiger partial charge on any atom is 0.170 e. The van der Waals surface area contributed by atoms with Crippen molar-refractivity contribution in [3.63, 3.8) is 0 Å². The minimum Gasteiger partial charge on any atom is -0.382 e. The normalized spacial score (nSPS) is 18.6. The van der Waals surface area contributed by atoms with Gasteiger partial charge in [-0.3, -0.25) is 9.78 Å². The number of carbonyl (C=O) groups is 1. The first-order chi connectivity index (χ1) is 7.60. The van der Waals surface area contributed by atoms with Crippen molar-refractivity contribution in [2.45, 2.75) is 37.7 Å². The van der Waals surface area contributed by atoms with Gasteiger partial charge < -0.3 is 5.11 Å². The number of Topliss-reactive ketones (excluding diaryl/α,β-unsaturated/α-hetero) is 1. The van der Waals surface area contributed by atoms with Crippen LogP contribution < -0.4 is 0 Å². The molecule has 1 N–H and O–H groups in total. The van der Waals surface area contributed by atoms with Gasteiger partial charge in [-0.2, -0.15) is 0 Å². The molecular formula is C12H14BrNO2. The third-order valence-corrected chi connectivity index (χ3v) is 3.55. The van der Waals surface area contributed by atoms with Crippen LogP contribution in [0.1, 0.15) is 31.4 Å². The zero-order valence-electron chi connectivity index (χ0n) is 8.95. The van der Waals surface area contributed by atoms with Crippen LogP contribution in [0.3, 0.4) is 0 Å². The fourth-order valence-electron chi connectivity index (χ4n) is 2.08. The Morgan fingerprint density at radius 3 is 2.69 bits per heavy atom. The van der Waals surface area contributed by atoms with Gasteiger partial charge in [0.15, 0.2) is 5.78 Å². The summed E-state index contributed by atoms with van der Waals surface area (Å²) < 4.78 is 0.892. The largest absolute Gasteiger partial charge is 0.382 e. The average molecular weight is 284 g/mol. The Balaban J connectivity index is 2.04. The Labute approximate surface area is 103 Å². The van der Waals surface area contributed by atoms with Gasteiger partial charge in [0.05, 0.1) is 6.42 Å². The third kappa shape index (κ3) is 2.50. The molecule has 2 rings (SSSR count). The minimum atomic E-state index is -1.09. The number of hydrogen-bond acceptors (Lipinski definition) is 3. The van der Waals surface area contributed by atoms with Crippen LogP contribution in [0.2, 0.25) is 0 Å². The fourth-order valence-corrected chi connectivity index (χ4v) is 2.31. The number of hydrogen-bond donors (Lipinski definition) is 1. The summed E-state index contributed by atoms with van der Waals surface area (Å²) in [5.41, 5.74) is -0.372. The number of ketones is 1. The second-order valence-corrected chi connectivity index (χ2v) is 5.22.